The summed E-state index contributed by atoms with van der Waals surface area (Å²) in [4.78, 5) is 0. The van der Waals surface area contributed by atoms with Gasteiger partial charge < -0.3 is 15.2 Å². The topological polar surface area (TPSA) is 44.5 Å². The zero-order valence-corrected chi connectivity index (χ0v) is 9.03. The molecule has 82 valence electrons. The molecule has 3 heteroatoms. The Morgan fingerprint density at radius 3 is 2.87 bits per heavy atom. The molecule has 0 unspecified atom stereocenters. The molecule has 0 aliphatic rings. The van der Waals surface area contributed by atoms with Crippen molar-refractivity contribution in [3.05, 3.63) is 36.4 Å². The van der Waals surface area contributed by atoms with Gasteiger partial charge in [0.05, 0.1) is 7.11 Å². The van der Waals surface area contributed by atoms with Crippen molar-refractivity contribution in [2.45, 2.75) is 6.42 Å². The summed E-state index contributed by atoms with van der Waals surface area (Å²) in [5, 5.41) is 0. The van der Waals surface area contributed by atoms with E-state index in [-0.39, 0.29) is 0 Å². The van der Waals surface area contributed by atoms with E-state index < -0.39 is 0 Å². The van der Waals surface area contributed by atoms with E-state index in [1.807, 2.05) is 18.2 Å². The van der Waals surface area contributed by atoms with Crippen molar-refractivity contribution in [3.63, 3.8) is 0 Å². The molecular formula is C12H17NO2. The third kappa shape index (κ3) is 3.29. The molecule has 0 saturated carbocycles. The van der Waals surface area contributed by atoms with Crippen LogP contribution in [0.25, 0.3) is 0 Å². The van der Waals surface area contributed by atoms with Crippen molar-refractivity contribution in [2.24, 2.45) is 5.73 Å². The Hall–Kier alpha value is -1.48. The first-order valence-electron chi connectivity index (χ1n) is 4.92. The predicted octanol–water partition coefficient (Wildman–Crippen LogP) is 1.76. The van der Waals surface area contributed by atoms with E-state index in [1.165, 1.54) is 0 Å². The summed E-state index contributed by atoms with van der Waals surface area (Å²) in [6.45, 7) is 4.71. The molecule has 0 saturated heterocycles. The maximum atomic E-state index is 5.53. The quantitative estimate of drug-likeness (QED) is 0.723. The molecule has 0 spiro atoms. The lowest BCUT2D eigenvalue weighted by Crippen LogP contribution is -2.05. The molecule has 0 atom stereocenters. The van der Waals surface area contributed by atoms with E-state index in [0.29, 0.717) is 13.2 Å². The van der Waals surface area contributed by atoms with Crippen LogP contribution in [0.4, 0.5) is 0 Å². The molecule has 0 amide bonds. The van der Waals surface area contributed by atoms with Crippen molar-refractivity contribution in [3.8, 4) is 11.5 Å². The molecule has 2 N–H and O–H groups in total. The fourth-order valence-electron chi connectivity index (χ4n) is 1.32. The SMILES string of the molecule is C=CCOc1ccc(OC)cc1CCN. The van der Waals surface area contributed by atoms with Crippen LogP contribution in [0.15, 0.2) is 30.9 Å². The summed E-state index contributed by atoms with van der Waals surface area (Å²) in [6, 6.07) is 5.72. The van der Waals surface area contributed by atoms with E-state index in [9.17, 15) is 0 Å². The van der Waals surface area contributed by atoms with E-state index in [0.717, 1.165) is 23.5 Å². The molecule has 0 aliphatic carbocycles. The van der Waals surface area contributed by atoms with E-state index in [1.54, 1.807) is 13.2 Å². The first kappa shape index (κ1) is 11.6. The first-order valence-corrected chi connectivity index (χ1v) is 4.92. The lowest BCUT2D eigenvalue weighted by Gasteiger charge is -2.11. The molecule has 0 aliphatic heterocycles. The van der Waals surface area contributed by atoms with Gasteiger partial charge in [0.1, 0.15) is 18.1 Å². The standard InChI is InChI=1S/C12H17NO2/c1-3-8-15-12-5-4-11(14-2)9-10(12)6-7-13/h3-5,9H,1,6-8,13H2,2H3. The second-order valence-corrected chi connectivity index (χ2v) is 3.11. The summed E-state index contributed by atoms with van der Waals surface area (Å²) >= 11 is 0. The van der Waals surface area contributed by atoms with Crippen molar-refractivity contribution in [2.75, 3.05) is 20.3 Å². The van der Waals surface area contributed by atoms with Crippen LogP contribution in [0.1, 0.15) is 5.56 Å². The molecule has 1 rings (SSSR count). The largest absolute Gasteiger partial charge is 0.497 e. The number of rotatable bonds is 6. The van der Waals surface area contributed by atoms with Crippen LogP contribution in [0, 0.1) is 0 Å². The van der Waals surface area contributed by atoms with Crippen LogP contribution >= 0.6 is 0 Å². The highest BCUT2D eigenvalue weighted by Crippen LogP contribution is 2.24. The van der Waals surface area contributed by atoms with Crippen molar-refractivity contribution >= 4 is 0 Å². The van der Waals surface area contributed by atoms with E-state index >= 15 is 0 Å². The van der Waals surface area contributed by atoms with Gasteiger partial charge in [0.25, 0.3) is 0 Å². The van der Waals surface area contributed by atoms with Crippen LogP contribution in [0.3, 0.4) is 0 Å². The number of benzene rings is 1. The third-order valence-corrected chi connectivity index (χ3v) is 2.04. The molecule has 0 radical (unpaired) electrons. The van der Waals surface area contributed by atoms with Gasteiger partial charge in [0, 0.05) is 0 Å². The summed E-state index contributed by atoms with van der Waals surface area (Å²) in [5.41, 5.74) is 6.60. The molecule has 1 aromatic rings. The Bertz CT molecular complexity index is 323. The summed E-state index contributed by atoms with van der Waals surface area (Å²) in [6.07, 6.45) is 2.50. The van der Waals surface area contributed by atoms with Gasteiger partial charge in [0.15, 0.2) is 0 Å². The Balaban J connectivity index is 2.87. The highest BCUT2D eigenvalue weighted by Gasteiger charge is 2.04. The molecular weight excluding hydrogens is 190 g/mol. The lowest BCUT2D eigenvalue weighted by molar-refractivity contribution is 0.357. The fourth-order valence-corrected chi connectivity index (χ4v) is 1.32. The Morgan fingerprint density at radius 1 is 1.47 bits per heavy atom. The normalized spacial score (nSPS) is 9.73. The predicted molar refractivity (Wildman–Crippen MR) is 61.4 cm³/mol. The van der Waals surface area contributed by atoms with Crippen LogP contribution in [0.5, 0.6) is 11.5 Å². The zero-order valence-electron chi connectivity index (χ0n) is 9.03. The Kier molecular flexibility index (Phi) is 4.71. The van der Waals surface area contributed by atoms with Crippen LogP contribution in [0.2, 0.25) is 0 Å². The third-order valence-electron chi connectivity index (χ3n) is 2.04. The van der Waals surface area contributed by atoms with Gasteiger partial charge in [-0.1, -0.05) is 12.7 Å². The molecule has 0 heterocycles. The summed E-state index contributed by atoms with van der Waals surface area (Å²) < 4.78 is 10.7. The molecule has 1 aromatic carbocycles. The van der Waals surface area contributed by atoms with Crippen molar-refractivity contribution in [1.29, 1.82) is 0 Å². The second-order valence-electron chi connectivity index (χ2n) is 3.11. The average molecular weight is 207 g/mol. The highest BCUT2D eigenvalue weighted by molar-refractivity contribution is 5.40. The number of ether oxygens (including phenoxy) is 2. The van der Waals surface area contributed by atoms with Gasteiger partial charge in [0.2, 0.25) is 0 Å². The van der Waals surface area contributed by atoms with Gasteiger partial charge in [-0.25, -0.2) is 0 Å². The zero-order chi connectivity index (χ0) is 11.1. The minimum absolute atomic E-state index is 0.504. The van der Waals surface area contributed by atoms with E-state index in [4.69, 9.17) is 15.2 Å². The molecule has 15 heavy (non-hydrogen) atoms. The smallest absolute Gasteiger partial charge is 0.123 e. The second kappa shape index (κ2) is 6.09. The van der Waals surface area contributed by atoms with Crippen LogP contribution < -0.4 is 15.2 Å². The number of hydrogen-bond donors (Lipinski definition) is 1. The minimum Gasteiger partial charge on any atom is -0.497 e. The monoisotopic (exact) mass is 207 g/mol. The molecule has 0 fully saturated rings. The van der Waals surface area contributed by atoms with Gasteiger partial charge in [-0.15, -0.1) is 0 Å². The van der Waals surface area contributed by atoms with Crippen molar-refractivity contribution in [1.82, 2.24) is 0 Å². The Labute approximate surface area is 90.5 Å². The molecule has 3 nitrogen and oxygen atoms in total. The van der Waals surface area contributed by atoms with Crippen molar-refractivity contribution < 1.29 is 9.47 Å². The van der Waals surface area contributed by atoms with Gasteiger partial charge >= 0.3 is 0 Å². The first-order chi connectivity index (χ1) is 7.31. The highest BCUT2D eigenvalue weighted by atomic mass is 16.5. The van der Waals surface area contributed by atoms with Gasteiger partial charge in [-0.3, -0.25) is 0 Å². The summed E-state index contributed by atoms with van der Waals surface area (Å²) in [7, 11) is 1.64. The molecule has 0 bridgehead atoms. The lowest BCUT2D eigenvalue weighted by atomic mass is 10.1. The molecule has 0 aromatic heterocycles. The summed E-state index contributed by atoms with van der Waals surface area (Å²) in [5.74, 6) is 1.67. The number of nitrogens with two attached hydrogens (primary N) is 1. The maximum absolute atomic E-state index is 5.53. The number of methoxy groups -OCH3 is 1. The van der Waals surface area contributed by atoms with Gasteiger partial charge in [-0.2, -0.15) is 0 Å². The number of hydrogen-bond acceptors (Lipinski definition) is 3. The Morgan fingerprint density at radius 2 is 2.27 bits per heavy atom. The maximum Gasteiger partial charge on any atom is 0.123 e. The van der Waals surface area contributed by atoms with Crippen LogP contribution in [-0.2, 0) is 6.42 Å². The average Bonchev–Trinajstić information content (AvgIpc) is 2.27. The fraction of sp³-hybridized carbons (Fsp3) is 0.333. The van der Waals surface area contributed by atoms with Gasteiger partial charge in [-0.05, 0) is 36.7 Å². The van der Waals surface area contributed by atoms with E-state index in [2.05, 4.69) is 6.58 Å². The minimum atomic E-state index is 0.504. The van der Waals surface area contributed by atoms with Crippen LogP contribution in [-0.4, -0.2) is 20.3 Å².